The molecule has 0 bridgehead atoms. The van der Waals surface area contributed by atoms with Crippen molar-refractivity contribution in [2.75, 3.05) is 26.8 Å². The standard InChI is InChI=1S/C17H25NO3/c1-14-7-9-16(10-8-14)21-12-11-18(13-17(19)20-2)15-5-3-4-6-15/h7-10,15H,3-6,11-13H2,1-2H3. The molecule has 0 unspecified atom stereocenters. The van der Waals surface area contributed by atoms with Crippen LogP contribution in [-0.4, -0.2) is 43.7 Å². The van der Waals surface area contributed by atoms with Crippen LogP contribution in [0.2, 0.25) is 0 Å². The molecule has 1 aliphatic carbocycles. The smallest absolute Gasteiger partial charge is 0.319 e. The number of rotatable bonds is 7. The van der Waals surface area contributed by atoms with Crippen LogP contribution in [0.25, 0.3) is 0 Å². The Morgan fingerprint density at radius 3 is 2.52 bits per heavy atom. The number of aryl methyl sites for hydroxylation is 1. The van der Waals surface area contributed by atoms with Crippen molar-refractivity contribution in [3.63, 3.8) is 0 Å². The summed E-state index contributed by atoms with van der Waals surface area (Å²) in [6, 6.07) is 8.54. The van der Waals surface area contributed by atoms with Crippen molar-refractivity contribution in [2.24, 2.45) is 0 Å². The summed E-state index contributed by atoms with van der Waals surface area (Å²) in [5.74, 6) is 0.710. The Kier molecular flexibility index (Phi) is 6.05. The maximum absolute atomic E-state index is 11.5. The first-order valence-electron chi connectivity index (χ1n) is 7.69. The van der Waals surface area contributed by atoms with Crippen LogP contribution < -0.4 is 4.74 Å². The molecule has 0 saturated heterocycles. The summed E-state index contributed by atoms with van der Waals surface area (Å²) in [7, 11) is 1.44. The Morgan fingerprint density at radius 2 is 1.90 bits per heavy atom. The number of hydrogen-bond donors (Lipinski definition) is 0. The summed E-state index contributed by atoms with van der Waals surface area (Å²) in [5, 5.41) is 0. The van der Waals surface area contributed by atoms with Crippen LogP contribution in [0.4, 0.5) is 0 Å². The van der Waals surface area contributed by atoms with E-state index in [4.69, 9.17) is 9.47 Å². The third-order valence-electron chi connectivity index (χ3n) is 4.07. The van der Waals surface area contributed by atoms with Gasteiger partial charge in [-0.3, -0.25) is 9.69 Å². The first kappa shape index (κ1) is 15.8. The van der Waals surface area contributed by atoms with Crippen molar-refractivity contribution in [3.05, 3.63) is 29.8 Å². The van der Waals surface area contributed by atoms with E-state index in [-0.39, 0.29) is 5.97 Å². The van der Waals surface area contributed by atoms with E-state index in [1.54, 1.807) is 0 Å². The largest absolute Gasteiger partial charge is 0.492 e. The Balaban J connectivity index is 1.83. The minimum Gasteiger partial charge on any atom is -0.492 e. The van der Waals surface area contributed by atoms with Gasteiger partial charge in [0.2, 0.25) is 0 Å². The normalized spacial score (nSPS) is 15.4. The molecule has 0 aliphatic heterocycles. The van der Waals surface area contributed by atoms with Gasteiger partial charge in [0, 0.05) is 12.6 Å². The Bertz CT molecular complexity index is 438. The van der Waals surface area contributed by atoms with Crippen molar-refractivity contribution >= 4 is 5.97 Å². The molecule has 1 saturated carbocycles. The molecule has 0 spiro atoms. The summed E-state index contributed by atoms with van der Waals surface area (Å²) < 4.78 is 10.6. The highest BCUT2D eigenvalue weighted by Crippen LogP contribution is 2.23. The minimum atomic E-state index is -0.169. The zero-order valence-corrected chi connectivity index (χ0v) is 13.0. The lowest BCUT2D eigenvalue weighted by Gasteiger charge is -2.27. The van der Waals surface area contributed by atoms with Gasteiger partial charge in [-0.1, -0.05) is 30.5 Å². The van der Waals surface area contributed by atoms with Crippen molar-refractivity contribution in [1.82, 2.24) is 4.90 Å². The quantitative estimate of drug-likeness (QED) is 0.724. The number of methoxy groups -OCH3 is 1. The van der Waals surface area contributed by atoms with Gasteiger partial charge in [0.05, 0.1) is 13.7 Å². The molecule has 1 aliphatic rings. The average molecular weight is 291 g/mol. The lowest BCUT2D eigenvalue weighted by Crippen LogP contribution is -2.40. The molecule has 2 rings (SSSR count). The van der Waals surface area contributed by atoms with Crippen LogP contribution >= 0.6 is 0 Å². The van der Waals surface area contributed by atoms with Crippen LogP contribution in [-0.2, 0) is 9.53 Å². The van der Waals surface area contributed by atoms with Crippen LogP contribution in [0.1, 0.15) is 31.2 Å². The van der Waals surface area contributed by atoms with Crippen LogP contribution in [0.3, 0.4) is 0 Å². The molecule has 0 radical (unpaired) electrons. The van der Waals surface area contributed by atoms with E-state index in [0.717, 1.165) is 12.3 Å². The SMILES string of the molecule is COC(=O)CN(CCOc1ccc(C)cc1)C1CCCC1. The first-order chi connectivity index (χ1) is 10.2. The highest BCUT2D eigenvalue weighted by molar-refractivity contribution is 5.71. The van der Waals surface area contributed by atoms with Gasteiger partial charge < -0.3 is 9.47 Å². The second-order valence-electron chi connectivity index (χ2n) is 5.65. The maximum Gasteiger partial charge on any atom is 0.319 e. The zero-order valence-electron chi connectivity index (χ0n) is 13.0. The Hall–Kier alpha value is -1.55. The molecule has 0 heterocycles. The number of benzene rings is 1. The summed E-state index contributed by atoms with van der Waals surface area (Å²) in [4.78, 5) is 13.7. The predicted octanol–water partition coefficient (Wildman–Crippen LogP) is 2.79. The maximum atomic E-state index is 11.5. The van der Waals surface area contributed by atoms with E-state index in [1.165, 1.54) is 38.4 Å². The molecule has 0 aromatic heterocycles. The second kappa shape index (κ2) is 8.03. The topological polar surface area (TPSA) is 38.8 Å². The number of hydrogen-bond acceptors (Lipinski definition) is 4. The third kappa shape index (κ3) is 5.05. The van der Waals surface area contributed by atoms with Gasteiger partial charge in [0.1, 0.15) is 12.4 Å². The Labute approximate surface area is 127 Å². The monoisotopic (exact) mass is 291 g/mol. The molecule has 21 heavy (non-hydrogen) atoms. The molecule has 1 aromatic carbocycles. The minimum absolute atomic E-state index is 0.169. The highest BCUT2D eigenvalue weighted by atomic mass is 16.5. The number of carbonyl (C=O) groups is 1. The first-order valence-corrected chi connectivity index (χ1v) is 7.69. The summed E-state index contributed by atoms with van der Waals surface area (Å²) in [6.07, 6.45) is 4.84. The van der Waals surface area contributed by atoms with Gasteiger partial charge in [-0.15, -0.1) is 0 Å². The van der Waals surface area contributed by atoms with Crippen LogP contribution in [0.15, 0.2) is 24.3 Å². The molecular formula is C17H25NO3. The molecule has 1 aromatic rings. The molecule has 4 heteroatoms. The van der Waals surface area contributed by atoms with E-state index in [0.29, 0.717) is 19.2 Å². The number of carbonyl (C=O) groups excluding carboxylic acids is 1. The molecule has 0 amide bonds. The van der Waals surface area contributed by atoms with Gasteiger partial charge in [0.25, 0.3) is 0 Å². The third-order valence-corrected chi connectivity index (χ3v) is 4.07. The molecule has 0 atom stereocenters. The molecule has 0 N–H and O–H groups in total. The highest BCUT2D eigenvalue weighted by Gasteiger charge is 2.24. The van der Waals surface area contributed by atoms with E-state index >= 15 is 0 Å². The zero-order chi connectivity index (χ0) is 15.1. The lowest BCUT2D eigenvalue weighted by molar-refractivity contribution is -0.142. The van der Waals surface area contributed by atoms with E-state index < -0.39 is 0 Å². The number of nitrogens with zero attached hydrogens (tertiary/aromatic N) is 1. The molecule has 4 nitrogen and oxygen atoms in total. The van der Waals surface area contributed by atoms with E-state index in [1.807, 2.05) is 24.3 Å². The van der Waals surface area contributed by atoms with Gasteiger partial charge >= 0.3 is 5.97 Å². The molecular weight excluding hydrogens is 266 g/mol. The molecule has 116 valence electrons. The lowest BCUT2D eigenvalue weighted by atomic mass is 10.2. The van der Waals surface area contributed by atoms with Gasteiger partial charge in [-0.05, 0) is 31.9 Å². The number of ether oxygens (including phenoxy) is 2. The van der Waals surface area contributed by atoms with Crippen LogP contribution in [0.5, 0.6) is 5.75 Å². The fraction of sp³-hybridized carbons (Fsp3) is 0.588. The van der Waals surface area contributed by atoms with Crippen molar-refractivity contribution in [3.8, 4) is 5.75 Å². The molecule has 1 fully saturated rings. The summed E-state index contributed by atoms with van der Waals surface area (Å²) >= 11 is 0. The fourth-order valence-electron chi connectivity index (χ4n) is 2.81. The number of esters is 1. The fourth-order valence-corrected chi connectivity index (χ4v) is 2.81. The van der Waals surface area contributed by atoms with Crippen molar-refractivity contribution < 1.29 is 14.3 Å². The second-order valence-corrected chi connectivity index (χ2v) is 5.65. The van der Waals surface area contributed by atoms with Crippen molar-refractivity contribution in [2.45, 2.75) is 38.6 Å². The van der Waals surface area contributed by atoms with E-state index in [9.17, 15) is 4.79 Å². The van der Waals surface area contributed by atoms with Gasteiger partial charge in [-0.2, -0.15) is 0 Å². The average Bonchev–Trinajstić information content (AvgIpc) is 3.02. The summed E-state index contributed by atoms with van der Waals surface area (Å²) in [6.45, 7) is 3.77. The van der Waals surface area contributed by atoms with Crippen LogP contribution in [0, 0.1) is 6.92 Å². The van der Waals surface area contributed by atoms with E-state index in [2.05, 4.69) is 11.8 Å². The van der Waals surface area contributed by atoms with Gasteiger partial charge in [0.15, 0.2) is 0 Å². The van der Waals surface area contributed by atoms with Crippen molar-refractivity contribution in [1.29, 1.82) is 0 Å². The predicted molar refractivity (Wildman–Crippen MR) is 82.5 cm³/mol. The summed E-state index contributed by atoms with van der Waals surface area (Å²) in [5.41, 5.74) is 1.22. The van der Waals surface area contributed by atoms with Gasteiger partial charge in [-0.25, -0.2) is 0 Å². The Morgan fingerprint density at radius 1 is 1.24 bits per heavy atom.